The molecule has 1 saturated heterocycles. The van der Waals surface area contributed by atoms with Crippen LogP contribution in [0.4, 0.5) is 5.69 Å². The van der Waals surface area contributed by atoms with E-state index in [0.717, 1.165) is 12.8 Å². The highest BCUT2D eigenvalue weighted by atomic mass is 35.5. The van der Waals surface area contributed by atoms with Crippen molar-refractivity contribution in [3.8, 4) is 0 Å². The number of likely N-dealkylation sites (tertiary alicyclic amines) is 1. The molecule has 1 aromatic carbocycles. The van der Waals surface area contributed by atoms with Crippen molar-refractivity contribution < 1.29 is 9.72 Å². The highest BCUT2D eigenvalue weighted by molar-refractivity contribution is 6.35. The number of amides is 1. The van der Waals surface area contributed by atoms with Gasteiger partial charge in [-0.25, -0.2) is 0 Å². The molecular weight excluding hydrogens is 292 g/mol. The van der Waals surface area contributed by atoms with Gasteiger partial charge in [-0.1, -0.05) is 31.5 Å². The van der Waals surface area contributed by atoms with Crippen molar-refractivity contribution in [3.05, 3.63) is 38.9 Å². The molecule has 5 nitrogen and oxygen atoms in total. The molecule has 0 radical (unpaired) electrons. The number of carbonyl (C=O) groups is 1. The summed E-state index contributed by atoms with van der Waals surface area (Å²) < 4.78 is 0. The number of carbonyl (C=O) groups excluding carboxylic acids is 1. The zero-order valence-electron chi connectivity index (χ0n) is 12.2. The van der Waals surface area contributed by atoms with Gasteiger partial charge in [0, 0.05) is 19.2 Å². The highest BCUT2D eigenvalue weighted by Gasteiger charge is 2.28. The normalized spacial score (nSPS) is 16.3. The maximum absolute atomic E-state index is 12.5. The van der Waals surface area contributed by atoms with Gasteiger partial charge in [0.15, 0.2) is 0 Å². The number of nitro benzene ring substituents is 1. The van der Waals surface area contributed by atoms with Gasteiger partial charge in [-0.05, 0) is 30.7 Å². The maximum Gasteiger partial charge on any atom is 0.288 e. The van der Waals surface area contributed by atoms with E-state index in [0.29, 0.717) is 24.9 Å². The Bertz CT molecular complexity index is 552. The molecule has 0 aromatic heterocycles. The molecule has 1 heterocycles. The Morgan fingerprint density at radius 2 is 2.00 bits per heavy atom. The van der Waals surface area contributed by atoms with Crippen LogP contribution in [-0.4, -0.2) is 28.8 Å². The summed E-state index contributed by atoms with van der Waals surface area (Å²) in [5, 5.41) is 10.8. The Morgan fingerprint density at radius 1 is 1.38 bits per heavy atom. The molecule has 0 saturated carbocycles. The van der Waals surface area contributed by atoms with E-state index in [1.807, 2.05) is 0 Å². The molecule has 0 aliphatic carbocycles. The first-order valence-corrected chi connectivity index (χ1v) is 7.51. The van der Waals surface area contributed by atoms with Crippen LogP contribution in [0.5, 0.6) is 0 Å². The summed E-state index contributed by atoms with van der Waals surface area (Å²) in [6, 6.07) is 4.36. The first-order valence-electron chi connectivity index (χ1n) is 7.14. The number of nitrogens with zero attached hydrogens (tertiary/aromatic N) is 2. The summed E-state index contributed by atoms with van der Waals surface area (Å²) in [6.45, 7) is 5.75. The fourth-order valence-corrected chi connectivity index (χ4v) is 3.04. The number of benzene rings is 1. The van der Waals surface area contributed by atoms with Crippen LogP contribution in [0.2, 0.25) is 5.02 Å². The van der Waals surface area contributed by atoms with Crippen molar-refractivity contribution in [1.82, 2.24) is 4.90 Å². The number of hydrogen-bond acceptors (Lipinski definition) is 3. The molecule has 1 amide bonds. The Hall–Kier alpha value is -1.62. The highest BCUT2D eigenvalue weighted by Crippen LogP contribution is 2.30. The molecule has 0 N–H and O–H groups in total. The molecule has 2 rings (SSSR count). The zero-order valence-corrected chi connectivity index (χ0v) is 13.0. The Morgan fingerprint density at radius 3 is 2.52 bits per heavy atom. The van der Waals surface area contributed by atoms with Gasteiger partial charge in [0.05, 0.1) is 10.5 Å². The molecule has 1 aliphatic heterocycles. The third-order valence-electron chi connectivity index (χ3n) is 4.18. The monoisotopic (exact) mass is 310 g/mol. The molecule has 0 atom stereocenters. The lowest BCUT2D eigenvalue weighted by atomic mass is 9.86. The van der Waals surface area contributed by atoms with Crippen molar-refractivity contribution in [3.63, 3.8) is 0 Å². The number of piperidine rings is 1. The third-order valence-corrected chi connectivity index (χ3v) is 4.57. The minimum absolute atomic E-state index is 0.0708. The number of halogens is 1. The second-order valence-electron chi connectivity index (χ2n) is 5.77. The summed E-state index contributed by atoms with van der Waals surface area (Å²) >= 11 is 6.01. The van der Waals surface area contributed by atoms with Gasteiger partial charge in [-0.15, -0.1) is 0 Å². The molecule has 21 heavy (non-hydrogen) atoms. The lowest BCUT2D eigenvalue weighted by Gasteiger charge is -2.34. The predicted molar refractivity (Wildman–Crippen MR) is 81.6 cm³/mol. The zero-order chi connectivity index (χ0) is 15.6. The Balaban J connectivity index is 2.15. The van der Waals surface area contributed by atoms with Crippen molar-refractivity contribution in [1.29, 1.82) is 0 Å². The van der Waals surface area contributed by atoms with E-state index in [-0.39, 0.29) is 22.2 Å². The predicted octanol–water partition coefficient (Wildman–Crippen LogP) is 3.76. The quantitative estimate of drug-likeness (QED) is 0.631. The summed E-state index contributed by atoms with van der Waals surface area (Å²) in [4.78, 5) is 24.6. The van der Waals surface area contributed by atoms with Gasteiger partial charge in [0.1, 0.15) is 5.02 Å². The third kappa shape index (κ3) is 3.35. The van der Waals surface area contributed by atoms with E-state index < -0.39 is 4.92 Å². The van der Waals surface area contributed by atoms with Gasteiger partial charge in [-0.2, -0.15) is 0 Å². The van der Waals surface area contributed by atoms with E-state index in [9.17, 15) is 14.9 Å². The fraction of sp³-hybridized carbons (Fsp3) is 0.533. The Kier molecular flexibility index (Phi) is 4.83. The molecular formula is C15H19ClN2O3. The first-order chi connectivity index (χ1) is 9.91. The van der Waals surface area contributed by atoms with Crippen LogP contribution in [0, 0.1) is 22.0 Å². The topological polar surface area (TPSA) is 63.5 Å². The molecule has 1 aromatic rings. The smallest absolute Gasteiger partial charge is 0.288 e. The van der Waals surface area contributed by atoms with Crippen LogP contribution in [0.15, 0.2) is 18.2 Å². The molecule has 0 spiro atoms. The second-order valence-corrected chi connectivity index (χ2v) is 6.15. The van der Waals surface area contributed by atoms with Crippen molar-refractivity contribution in [2.24, 2.45) is 11.8 Å². The first kappa shape index (κ1) is 15.8. The molecule has 1 aliphatic rings. The minimum Gasteiger partial charge on any atom is -0.339 e. The summed E-state index contributed by atoms with van der Waals surface area (Å²) in [7, 11) is 0. The minimum atomic E-state index is -0.565. The number of rotatable bonds is 3. The van der Waals surface area contributed by atoms with E-state index in [1.54, 1.807) is 11.0 Å². The van der Waals surface area contributed by atoms with Gasteiger partial charge in [-0.3, -0.25) is 14.9 Å². The van der Waals surface area contributed by atoms with Gasteiger partial charge in [0.25, 0.3) is 11.6 Å². The maximum atomic E-state index is 12.5. The SMILES string of the molecule is CC(C)C1CCN(C(=O)c2cccc([N+](=O)[O-])c2Cl)CC1. The molecule has 0 bridgehead atoms. The number of nitro groups is 1. The second kappa shape index (κ2) is 6.43. The van der Waals surface area contributed by atoms with Gasteiger partial charge in [0.2, 0.25) is 0 Å². The summed E-state index contributed by atoms with van der Waals surface area (Å²) in [6.07, 6.45) is 1.94. The van der Waals surface area contributed by atoms with E-state index >= 15 is 0 Å². The van der Waals surface area contributed by atoms with Crippen LogP contribution >= 0.6 is 11.6 Å². The van der Waals surface area contributed by atoms with E-state index in [2.05, 4.69) is 13.8 Å². The lowest BCUT2D eigenvalue weighted by Crippen LogP contribution is -2.39. The van der Waals surface area contributed by atoms with E-state index in [4.69, 9.17) is 11.6 Å². The summed E-state index contributed by atoms with van der Waals surface area (Å²) in [5.74, 6) is 1.03. The van der Waals surface area contributed by atoms with Crippen LogP contribution in [0.3, 0.4) is 0 Å². The molecule has 6 heteroatoms. The largest absolute Gasteiger partial charge is 0.339 e. The average Bonchev–Trinajstić information content (AvgIpc) is 2.46. The van der Waals surface area contributed by atoms with Crippen LogP contribution in [0.25, 0.3) is 0 Å². The number of hydrogen-bond donors (Lipinski definition) is 0. The lowest BCUT2D eigenvalue weighted by molar-refractivity contribution is -0.384. The molecule has 114 valence electrons. The van der Waals surface area contributed by atoms with Gasteiger partial charge >= 0.3 is 0 Å². The summed E-state index contributed by atoms with van der Waals surface area (Å²) in [5.41, 5.74) is -0.00607. The average molecular weight is 311 g/mol. The van der Waals surface area contributed by atoms with Gasteiger partial charge < -0.3 is 4.90 Å². The molecule has 0 unspecified atom stereocenters. The van der Waals surface area contributed by atoms with Crippen molar-refractivity contribution >= 4 is 23.2 Å². The van der Waals surface area contributed by atoms with Crippen molar-refractivity contribution in [2.75, 3.05) is 13.1 Å². The van der Waals surface area contributed by atoms with Crippen LogP contribution < -0.4 is 0 Å². The van der Waals surface area contributed by atoms with Crippen molar-refractivity contribution in [2.45, 2.75) is 26.7 Å². The van der Waals surface area contributed by atoms with E-state index in [1.165, 1.54) is 12.1 Å². The van der Waals surface area contributed by atoms with Crippen LogP contribution in [0.1, 0.15) is 37.0 Å². The van der Waals surface area contributed by atoms with Crippen LogP contribution in [-0.2, 0) is 0 Å². The fourth-order valence-electron chi connectivity index (χ4n) is 2.77. The molecule has 1 fully saturated rings. The standard InChI is InChI=1S/C15H19ClN2O3/c1-10(2)11-6-8-17(9-7-11)15(19)12-4-3-5-13(14(12)16)18(20)21/h3-5,10-11H,6-9H2,1-2H3. The Labute approximate surface area is 129 Å².